The zero-order chi connectivity index (χ0) is 13.0. The van der Waals surface area contributed by atoms with E-state index in [0.717, 1.165) is 35.7 Å². The van der Waals surface area contributed by atoms with Crippen molar-refractivity contribution in [3.8, 4) is 0 Å². The molecule has 1 unspecified atom stereocenters. The second kappa shape index (κ2) is 5.71. The van der Waals surface area contributed by atoms with Crippen molar-refractivity contribution in [2.45, 2.75) is 39.2 Å². The fraction of sp³-hybridized carbons (Fsp3) is 0.400. The summed E-state index contributed by atoms with van der Waals surface area (Å²) in [5.74, 6) is 0.0102. The van der Waals surface area contributed by atoms with Gasteiger partial charge in [-0.15, -0.1) is 0 Å². The molecule has 0 fully saturated rings. The normalized spacial score (nSPS) is 12.6. The van der Waals surface area contributed by atoms with Gasteiger partial charge in [0, 0.05) is 23.1 Å². The van der Waals surface area contributed by atoms with Gasteiger partial charge in [0.25, 0.3) is 5.91 Å². The summed E-state index contributed by atoms with van der Waals surface area (Å²) in [6.07, 6.45) is 5.12. The van der Waals surface area contributed by atoms with Gasteiger partial charge in [0.2, 0.25) is 0 Å². The fourth-order valence-electron chi connectivity index (χ4n) is 2.14. The van der Waals surface area contributed by atoms with Crippen LogP contribution in [0, 0.1) is 0 Å². The average Bonchev–Trinajstić information content (AvgIpc) is 2.80. The number of amides is 1. The van der Waals surface area contributed by atoms with Gasteiger partial charge in [-0.25, -0.2) is 0 Å². The molecule has 0 saturated carbocycles. The molecule has 1 aromatic heterocycles. The summed E-state index contributed by atoms with van der Waals surface area (Å²) in [6.45, 7) is 4.22. The molecule has 0 saturated heterocycles. The van der Waals surface area contributed by atoms with Gasteiger partial charge < -0.3 is 10.3 Å². The Morgan fingerprint density at radius 3 is 2.94 bits per heavy atom. The first-order valence-electron chi connectivity index (χ1n) is 6.59. The minimum atomic E-state index is 0.0102. The van der Waals surface area contributed by atoms with Crippen LogP contribution in [0.25, 0.3) is 10.9 Å². The molecule has 0 bridgehead atoms. The van der Waals surface area contributed by atoms with Crippen LogP contribution < -0.4 is 5.32 Å². The van der Waals surface area contributed by atoms with Crippen LogP contribution in [-0.2, 0) is 0 Å². The molecule has 0 aliphatic rings. The molecule has 3 heteroatoms. The highest BCUT2D eigenvalue weighted by Gasteiger charge is 2.13. The largest absolute Gasteiger partial charge is 0.360 e. The Morgan fingerprint density at radius 1 is 1.39 bits per heavy atom. The van der Waals surface area contributed by atoms with E-state index >= 15 is 0 Å². The van der Waals surface area contributed by atoms with Crippen molar-refractivity contribution in [1.29, 1.82) is 0 Å². The van der Waals surface area contributed by atoms with E-state index in [9.17, 15) is 4.79 Å². The molecule has 2 rings (SSSR count). The number of hydrogen-bond acceptors (Lipinski definition) is 1. The molecule has 2 N–H and O–H groups in total. The Labute approximate surface area is 108 Å². The summed E-state index contributed by atoms with van der Waals surface area (Å²) in [4.78, 5) is 15.3. The van der Waals surface area contributed by atoms with Gasteiger partial charge in [0.05, 0.1) is 5.56 Å². The highest BCUT2D eigenvalue weighted by Crippen LogP contribution is 2.17. The van der Waals surface area contributed by atoms with Crippen molar-refractivity contribution in [3.63, 3.8) is 0 Å². The SMILES string of the molecule is CCCCC(C)NC(=O)c1c[nH]c2ccccc12. The number of carbonyl (C=O) groups is 1. The molecule has 3 nitrogen and oxygen atoms in total. The maximum Gasteiger partial charge on any atom is 0.253 e. The molecule has 2 aromatic rings. The van der Waals surface area contributed by atoms with E-state index in [1.807, 2.05) is 24.3 Å². The molecular formula is C15H20N2O. The van der Waals surface area contributed by atoms with Crippen LogP contribution >= 0.6 is 0 Å². The zero-order valence-electron chi connectivity index (χ0n) is 11.0. The maximum absolute atomic E-state index is 12.2. The van der Waals surface area contributed by atoms with E-state index in [-0.39, 0.29) is 11.9 Å². The molecule has 1 atom stereocenters. The lowest BCUT2D eigenvalue weighted by molar-refractivity contribution is 0.0939. The predicted octanol–water partition coefficient (Wildman–Crippen LogP) is 3.48. The number of para-hydroxylation sites is 1. The first-order valence-corrected chi connectivity index (χ1v) is 6.59. The van der Waals surface area contributed by atoms with Crippen LogP contribution in [0.5, 0.6) is 0 Å². The summed E-state index contributed by atoms with van der Waals surface area (Å²) in [5, 5.41) is 4.03. The number of aromatic amines is 1. The number of fused-ring (bicyclic) bond motifs is 1. The van der Waals surface area contributed by atoms with Crippen LogP contribution in [0.2, 0.25) is 0 Å². The number of hydrogen-bond donors (Lipinski definition) is 2. The Bertz CT molecular complexity index is 530. The minimum absolute atomic E-state index is 0.0102. The molecule has 1 aromatic carbocycles. The monoisotopic (exact) mass is 244 g/mol. The molecule has 0 aliphatic heterocycles. The summed E-state index contributed by atoms with van der Waals surface area (Å²) in [7, 11) is 0. The highest BCUT2D eigenvalue weighted by molar-refractivity contribution is 6.06. The molecule has 96 valence electrons. The average molecular weight is 244 g/mol. The molecular weight excluding hydrogens is 224 g/mol. The summed E-state index contributed by atoms with van der Waals surface area (Å²) in [5.41, 5.74) is 1.73. The lowest BCUT2D eigenvalue weighted by Gasteiger charge is -2.12. The van der Waals surface area contributed by atoms with E-state index < -0.39 is 0 Å². The number of nitrogens with one attached hydrogen (secondary N) is 2. The van der Waals surface area contributed by atoms with Crippen LogP contribution in [0.1, 0.15) is 43.5 Å². The van der Waals surface area contributed by atoms with Gasteiger partial charge in [-0.05, 0) is 19.4 Å². The van der Waals surface area contributed by atoms with Crippen molar-refractivity contribution >= 4 is 16.8 Å². The lowest BCUT2D eigenvalue weighted by atomic mass is 10.1. The van der Waals surface area contributed by atoms with Gasteiger partial charge in [0.15, 0.2) is 0 Å². The van der Waals surface area contributed by atoms with Crippen molar-refractivity contribution in [2.24, 2.45) is 0 Å². The number of H-pyrrole nitrogens is 1. The fourth-order valence-corrected chi connectivity index (χ4v) is 2.14. The number of carbonyl (C=O) groups excluding carboxylic acids is 1. The second-order valence-electron chi connectivity index (χ2n) is 4.76. The molecule has 0 spiro atoms. The van der Waals surface area contributed by atoms with Crippen molar-refractivity contribution in [1.82, 2.24) is 10.3 Å². The molecule has 1 heterocycles. The summed E-state index contributed by atoms with van der Waals surface area (Å²) in [6, 6.07) is 8.09. The Hall–Kier alpha value is -1.77. The van der Waals surface area contributed by atoms with Gasteiger partial charge >= 0.3 is 0 Å². The van der Waals surface area contributed by atoms with Gasteiger partial charge in [-0.2, -0.15) is 0 Å². The first-order chi connectivity index (χ1) is 8.72. The van der Waals surface area contributed by atoms with Crippen molar-refractivity contribution < 1.29 is 4.79 Å². The number of aromatic nitrogens is 1. The van der Waals surface area contributed by atoms with Crippen LogP contribution in [-0.4, -0.2) is 16.9 Å². The zero-order valence-corrected chi connectivity index (χ0v) is 11.0. The van der Waals surface area contributed by atoms with Crippen LogP contribution in [0.3, 0.4) is 0 Å². The second-order valence-corrected chi connectivity index (χ2v) is 4.76. The van der Waals surface area contributed by atoms with E-state index in [0.29, 0.717) is 0 Å². The summed E-state index contributed by atoms with van der Waals surface area (Å²) >= 11 is 0. The third-order valence-corrected chi connectivity index (χ3v) is 3.20. The number of benzene rings is 1. The smallest absolute Gasteiger partial charge is 0.253 e. The standard InChI is InChI=1S/C15H20N2O/c1-3-4-7-11(2)17-15(18)13-10-16-14-9-6-5-8-12(13)14/h5-6,8-11,16H,3-4,7H2,1-2H3,(H,17,18). The molecule has 1 amide bonds. The third-order valence-electron chi connectivity index (χ3n) is 3.20. The van der Waals surface area contributed by atoms with Crippen molar-refractivity contribution in [3.05, 3.63) is 36.0 Å². The topological polar surface area (TPSA) is 44.9 Å². The Kier molecular flexibility index (Phi) is 4.03. The predicted molar refractivity (Wildman–Crippen MR) is 74.8 cm³/mol. The van der Waals surface area contributed by atoms with E-state index in [2.05, 4.69) is 24.1 Å². The minimum Gasteiger partial charge on any atom is -0.360 e. The van der Waals surface area contributed by atoms with Crippen molar-refractivity contribution in [2.75, 3.05) is 0 Å². The highest BCUT2D eigenvalue weighted by atomic mass is 16.1. The van der Waals surface area contributed by atoms with Crippen LogP contribution in [0.15, 0.2) is 30.5 Å². The number of rotatable bonds is 5. The first kappa shape index (κ1) is 12.7. The van der Waals surface area contributed by atoms with Gasteiger partial charge in [-0.3, -0.25) is 4.79 Å². The summed E-state index contributed by atoms with van der Waals surface area (Å²) < 4.78 is 0. The quantitative estimate of drug-likeness (QED) is 0.831. The molecule has 0 aliphatic carbocycles. The Balaban J connectivity index is 2.09. The lowest BCUT2D eigenvalue weighted by Crippen LogP contribution is -2.32. The van der Waals surface area contributed by atoms with Gasteiger partial charge in [-0.1, -0.05) is 38.0 Å². The molecule has 18 heavy (non-hydrogen) atoms. The van der Waals surface area contributed by atoms with E-state index in [4.69, 9.17) is 0 Å². The Morgan fingerprint density at radius 2 is 2.17 bits per heavy atom. The van der Waals surface area contributed by atoms with E-state index in [1.165, 1.54) is 0 Å². The van der Waals surface area contributed by atoms with Crippen LogP contribution in [0.4, 0.5) is 0 Å². The van der Waals surface area contributed by atoms with Gasteiger partial charge in [0.1, 0.15) is 0 Å². The maximum atomic E-state index is 12.2. The third kappa shape index (κ3) is 2.73. The number of unbranched alkanes of at least 4 members (excludes halogenated alkanes) is 1. The van der Waals surface area contributed by atoms with E-state index in [1.54, 1.807) is 6.20 Å². The molecule has 0 radical (unpaired) electrons.